The molecule has 0 bridgehead atoms. The molecule has 1 amide bonds. The Labute approximate surface area is 148 Å². The van der Waals surface area contributed by atoms with Crippen LogP contribution >= 0.6 is 0 Å². The number of likely N-dealkylation sites (tertiary alicyclic amines) is 2. The van der Waals surface area contributed by atoms with Crippen LogP contribution in [-0.4, -0.2) is 50.8 Å². The highest BCUT2D eigenvalue weighted by Crippen LogP contribution is 2.31. The number of rotatable bonds is 4. The van der Waals surface area contributed by atoms with Crippen LogP contribution in [0.25, 0.3) is 0 Å². The fourth-order valence-electron chi connectivity index (χ4n) is 4.30. The topological polar surface area (TPSA) is 49.3 Å². The van der Waals surface area contributed by atoms with Crippen molar-refractivity contribution in [3.8, 4) is 0 Å². The second-order valence-electron chi connectivity index (χ2n) is 6.96. The SMILES string of the molecule is O=C(c1cnccn1)N1CCCC1C1CCCN1Cc1ccccc1. The van der Waals surface area contributed by atoms with Crippen LogP contribution < -0.4 is 0 Å². The molecule has 5 nitrogen and oxygen atoms in total. The van der Waals surface area contributed by atoms with Crippen LogP contribution in [-0.2, 0) is 6.54 Å². The number of benzene rings is 1. The lowest BCUT2D eigenvalue weighted by Gasteiger charge is -2.35. The van der Waals surface area contributed by atoms with Crippen LogP contribution in [0.5, 0.6) is 0 Å². The van der Waals surface area contributed by atoms with Crippen molar-refractivity contribution < 1.29 is 4.79 Å². The number of hydrogen-bond acceptors (Lipinski definition) is 4. The second kappa shape index (κ2) is 7.31. The molecule has 2 atom stereocenters. The smallest absolute Gasteiger partial charge is 0.274 e. The van der Waals surface area contributed by atoms with Crippen LogP contribution in [0.1, 0.15) is 41.7 Å². The summed E-state index contributed by atoms with van der Waals surface area (Å²) in [7, 11) is 0. The molecule has 0 N–H and O–H groups in total. The minimum Gasteiger partial charge on any atom is -0.333 e. The van der Waals surface area contributed by atoms with Crippen LogP contribution in [0.3, 0.4) is 0 Å². The molecular formula is C20H24N4O. The number of amides is 1. The standard InChI is InChI=1S/C20H24N4O/c25-20(17-14-21-10-11-22-17)24-13-5-9-19(24)18-8-4-12-23(18)15-16-6-2-1-3-7-16/h1-3,6-7,10-11,14,18-19H,4-5,8-9,12-13,15H2. The first-order valence-electron chi connectivity index (χ1n) is 9.18. The Bertz CT molecular complexity index is 706. The highest BCUT2D eigenvalue weighted by molar-refractivity contribution is 5.92. The van der Waals surface area contributed by atoms with E-state index in [1.165, 1.54) is 18.4 Å². The maximum atomic E-state index is 12.9. The van der Waals surface area contributed by atoms with Crippen molar-refractivity contribution in [1.29, 1.82) is 0 Å². The summed E-state index contributed by atoms with van der Waals surface area (Å²) in [5.41, 5.74) is 1.81. The van der Waals surface area contributed by atoms with Crippen molar-refractivity contribution in [2.75, 3.05) is 13.1 Å². The molecule has 4 rings (SSSR count). The summed E-state index contributed by atoms with van der Waals surface area (Å²) in [5.74, 6) is 0.0298. The molecule has 0 aliphatic carbocycles. The molecule has 1 aromatic carbocycles. The number of aromatic nitrogens is 2. The van der Waals surface area contributed by atoms with Crippen LogP contribution in [0, 0.1) is 0 Å². The molecule has 2 saturated heterocycles. The molecule has 0 radical (unpaired) electrons. The summed E-state index contributed by atoms with van der Waals surface area (Å²) in [5, 5.41) is 0. The van der Waals surface area contributed by atoms with Gasteiger partial charge in [-0.25, -0.2) is 4.98 Å². The van der Waals surface area contributed by atoms with Crippen LogP contribution in [0.2, 0.25) is 0 Å². The summed E-state index contributed by atoms with van der Waals surface area (Å²) >= 11 is 0. The largest absolute Gasteiger partial charge is 0.333 e. The van der Waals surface area contributed by atoms with Gasteiger partial charge in [-0.1, -0.05) is 30.3 Å². The minimum atomic E-state index is 0.0298. The van der Waals surface area contributed by atoms with Gasteiger partial charge in [-0.2, -0.15) is 0 Å². The van der Waals surface area contributed by atoms with Gasteiger partial charge >= 0.3 is 0 Å². The average molecular weight is 336 g/mol. The van der Waals surface area contributed by atoms with Crippen molar-refractivity contribution in [3.63, 3.8) is 0 Å². The lowest BCUT2D eigenvalue weighted by Crippen LogP contribution is -2.48. The zero-order chi connectivity index (χ0) is 17.1. The predicted molar refractivity (Wildman–Crippen MR) is 96.0 cm³/mol. The van der Waals surface area contributed by atoms with Crippen LogP contribution in [0.4, 0.5) is 0 Å². The van der Waals surface area contributed by atoms with E-state index in [4.69, 9.17) is 0 Å². The quantitative estimate of drug-likeness (QED) is 0.861. The van der Waals surface area contributed by atoms with Gasteiger partial charge in [0.05, 0.1) is 6.20 Å². The monoisotopic (exact) mass is 336 g/mol. The fraction of sp³-hybridized carbons (Fsp3) is 0.450. The van der Waals surface area contributed by atoms with E-state index in [0.29, 0.717) is 17.8 Å². The van der Waals surface area contributed by atoms with Gasteiger partial charge in [-0.3, -0.25) is 14.7 Å². The summed E-state index contributed by atoms with van der Waals surface area (Å²) in [6, 6.07) is 11.4. The van der Waals surface area contributed by atoms with Gasteiger partial charge in [-0.05, 0) is 37.8 Å². The van der Waals surface area contributed by atoms with Crippen molar-refractivity contribution >= 4 is 5.91 Å². The Morgan fingerprint density at radius 1 is 1.04 bits per heavy atom. The zero-order valence-electron chi connectivity index (χ0n) is 14.4. The summed E-state index contributed by atoms with van der Waals surface area (Å²) in [4.78, 5) is 25.7. The summed E-state index contributed by atoms with van der Waals surface area (Å²) in [6.07, 6.45) is 9.32. The van der Waals surface area contributed by atoms with Gasteiger partial charge in [-0.15, -0.1) is 0 Å². The zero-order valence-corrected chi connectivity index (χ0v) is 14.4. The molecule has 2 aromatic rings. The van der Waals surface area contributed by atoms with E-state index in [1.54, 1.807) is 18.6 Å². The molecule has 2 aliphatic rings. The third-order valence-electron chi connectivity index (χ3n) is 5.43. The predicted octanol–water partition coefficient (Wildman–Crippen LogP) is 2.75. The van der Waals surface area contributed by atoms with Gasteiger partial charge in [0.25, 0.3) is 5.91 Å². The maximum Gasteiger partial charge on any atom is 0.274 e. The lowest BCUT2D eigenvalue weighted by atomic mass is 10.0. The van der Waals surface area contributed by atoms with Crippen molar-refractivity contribution in [2.45, 2.75) is 44.3 Å². The first-order chi connectivity index (χ1) is 12.3. The molecule has 1 aromatic heterocycles. The maximum absolute atomic E-state index is 12.9. The molecule has 25 heavy (non-hydrogen) atoms. The Balaban J connectivity index is 1.50. The van der Waals surface area contributed by atoms with E-state index < -0.39 is 0 Å². The number of carbonyl (C=O) groups is 1. The number of nitrogens with zero attached hydrogens (tertiary/aromatic N) is 4. The normalized spacial score (nSPS) is 23.9. The van der Waals surface area contributed by atoms with Gasteiger partial charge in [0.1, 0.15) is 5.69 Å². The Morgan fingerprint density at radius 3 is 2.64 bits per heavy atom. The number of carbonyl (C=O) groups excluding carboxylic acids is 1. The van der Waals surface area contributed by atoms with E-state index in [-0.39, 0.29) is 5.91 Å². The molecule has 0 spiro atoms. The third-order valence-corrected chi connectivity index (χ3v) is 5.43. The van der Waals surface area contributed by atoms with E-state index in [2.05, 4.69) is 45.2 Å². The number of hydrogen-bond donors (Lipinski definition) is 0. The molecule has 2 unspecified atom stereocenters. The lowest BCUT2D eigenvalue weighted by molar-refractivity contribution is 0.0633. The van der Waals surface area contributed by atoms with E-state index in [1.807, 2.05) is 4.90 Å². The van der Waals surface area contributed by atoms with Crippen LogP contribution in [0.15, 0.2) is 48.9 Å². The molecule has 2 aliphatic heterocycles. The first kappa shape index (κ1) is 16.2. The third kappa shape index (κ3) is 3.42. The van der Waals surface area contributed by atoms with Gasteiger partial charge in [0.15, 0.2) is 0 Å². The molecule has 0 saturated carbocycles. The van der Waals surface area contributed by atoms with Crippen molar-refractivity contribution in [2.24, 2.45) is 0 Å². The van der Waals surface area contributed by atoms with Crippen molar-refractivity contribution in [3.05, 3.63) is 60.2 Å². The molecule has 5 heteroatoms. The van der Waals surface area contributed by atoms with E-state index >= 15 is 0 Å². The highest BCUT2D eigenvalue weighted by Gasteiger charge is 2.40. The van der Waals surface area contributed by atoms with Gasteiger partial charge in [0.2, 0.25) is 0 Å². The van der Waals surface area contributed by atoms with Gasteiger partial charge in [0, 0.05) is 37.6 Å². The summed E-state index contributed by atoms with van der Waals surface area (Å²) < 4.78 is 0. The Kier molecular flexibility index (Phi) is 4.74. The molecular weight excluding hydrogens is 312 g/mol. The van der Waals surface area contributed by atoms with Gasteiger partial charge < -0.3 is 4.90 Å². The Hall–Kier alpha value is -2.27. The molecule has 2 fully saturated rings. The second-order valence-corrected chi connectivity index (χ2v) is 6.96. The van der Waals surface area contributed by atoms with Crippen molar-refractivity contribution in [1.82, 2.24) is 19.8 Å². The molecule has 130 valence electrons. The van der Waals surface area contributed by atoms with E-state index in [9.17, 15) is 4.79 Å². The fourth-order valence-corrected chi connectivity index (χ4v) is 4.30. The molecule has 3 heterocycles. The van der Waals surface area contributed by atoms with E-state index in [0.717, 1.165) is 32.5 Å². The average Bonchev–Trinajstić information content (AvgIpc) is 3.31. The highest BCUT2D eigenvalue weighted by atomic mass is 16.2. The summed E-state index contributed by atoms with van der Waals surface area (Å²) in [6.45, 7) is 2.91. The first-order valence-corrected chi connectivity index (χ1v) is 9.18. The Morgan fingerprint density at radius 2 is 1.84 bits per heavy atom. The minimum absolute atomic E-state index is 0.0298.